The molecule has 0 spiro atoms. The lowest BCUT2D eigenvalue weighted by molar-refractivity contribution is -0.142. The van der Waals surface area contributed by atoms with E-state index in [0.29, 0.717) is 12.8 Å². The molecule has 5 heteroatoms. The van der Waals surface area contributed by atoms with Gasteiger partial charge in [-0.25, -0.2) is 0 Å². The molecule has 2 rings (SSSR count). The molecule has 0 bridgehead atoms. The van der Waals surface area contributed by atoms with E-state index < -0.39 is 17.6 Å². The number of carbonyl (C=O) groups is 2. The van der Waals surface area contributed by atoms with Gasteiger partial charge >= 0.3 is 5.97 Å². The standard InChI is InChI=1S/C15H19NO4/c1-20-13(11-6-3-2-4-7-11)14(19)16-15(8-5-9-15)10-12(17)18/h2-4,6-7,13H,5,8-10H2,1H3,(H,16,19)(H,17,18)/t13-/m1/s1. The summed E-state index contributed by atoms with van der Waals surface area (Å²) < 4.78 is 5.26. The highest BCUT2D eigenvalue weighted by Crippen LogP contribution is 2.35. The van der Waals surface area contributed by atoms with Crippen molar-refractivity contribution in [3.8, 4) is 0 Å². The largest absolute Gasteiger partial charge is 0.481 e. The van der Waals surface area contributed by atoms with Crippen LogP contribution in [0.2, 0.25) is 0 Å². The minimum Gasteiger partial charge on any atom is -0.481 e. The van der Waals surface area contributed by atoms with Gasteiger partial charge < -0.3 is 15.2 Å². The molecule has 1 fully saturated rings. The molecule has 1 saturated carbocycles. The topological polar surface area (TPSA) is 75.6 Å². The minimum absolute atomic E-state index is 0.0377. The van der Waals surface area contributed by atoms with Crippen LogP contribution in [0.15, 0.2) is 30.3 Å². The summed E-state index contributed by atoms with van der Waals surface area (Å²) in [5.74, 6) is -1.17. The van der Waals surface area contributed by atoms with Gasteiger partial charge in [0.1, 0.15) is 0 Å². The Bertz CT molecular complexity index is 482. The van der Waals surface area contributed by atoms with Crippen LogP contribution in [0.1, 0.15) is 37.4 Å². The lowest BCUT2D eigenvalue weighted by Crippen LogP contribution is -2.55. The van der Waals surface area contributed by atoms with Crippen molar-refractivity contribution in [3.63, 3.8) is 0 Å². The van der Waals surface area contributed by atoms with Crippen molar-refractivity contribution in [2.45, 2.75) is 37.3 Å². The lowest BCUT2D eigenvalue weighted by Gasteiger charge is -2.42. The predicted molar refractivity (Wildman–Crippen MR) is 73.2 cm³/mol. The number of carboxylic acids is 1. The number of rotatable bonds is 6. The van der Waals surface area contributed by atoms with Crippen LogP contribution in [-0.2, 0) is 14.3 Å². The molecule has 20 heavy (non-hydrogen) atoms. The summed E-state index contributed by atoms with van der Waals surface area (Å²) in [5, 5.41) is 11.8. The second-order valence-corrected chi connectivity index (χ2v) is 5.22. The highest BCUT2D eigenvalue weighted by atomic mass is 16.5. The number of benzene rings is 1. The van der Waals surface area contributed by atoms with Gasteiger partial charge in [0.05, 0.1) is 12.0 Å². The molecule has 0 saturated heterocycles. The van der Waals surface area contributed by atoms with Gasteiger partial charge in [-0.2, -0.15) is 0 Å². The molecule has 0 unspecified atom stereocenters. The number of carbonyl (C=O) groups excluding carboxylic acids is 1. The molecule has 2 N–H and O–H groups in total. The summed E-state index contributed by atoms with van der Waals surface area (Å²) in [6.07, 6.45) is 1.61. The number of hydrogen-bond acceptors (Lipinski definition) is 3. The van der Waals surface area contributed by atoms with Gasteiger partial charge in [-0.1, -0.05) is 30.3 Å². The number of aliphatic carboxylic acids is 1. The molecular formula is C15H19NO4. The van der Waals surface area contributed by atoms with E-state index in [1.54, 1.807) is 0 Å². The third kappa shape index (κ3) is 3.17. The van der Waals surface area contributed by atoms with Gasteiger partial charge in [-0.3, -0.25) is 9.59 Å². The summed E-state index contributed by atoms with van der Waals surface area (Å²) in [7, 11) is 1.47. The Balaban J connectivity index is 2.08. The SMILES string of the molecule is CO[C@@H](C(=O)NC1(CC(=O)O)CCC1)c1ccccc1. The van der Waals surface area contributed by atoms with Crippen molar-refractivity contribution in [2.24, 2.45) is 0 Å². The highest BCUT2D eigenvalue weighted by Gasteiger charge is 2.41. The fourth-order valence-corrected chi connectivity index (χ4v) is 2.59. The van der Waals surface area contributed by atoms with E-state index in [1.807, 2.05) is 30.3 Å². The maximum absolute atomic E-state index is 12.3. The average molecular weight is 277 g/mol. The Kier molecular flexibility index (Phi) is 4.39. The van der Waals surface area contributed by atoms with Crippen LogP contribution in [0.3, 0.4) is 0 Å². The Morgan fingerprint density at radius 1 is 1.35 bits per heavy atom. The van der Waals surface area contributed by atoms with Crippen LogP contribution in [0.4, 0.5) is 0 Å². The number of nitrogens with one attached hydrogen (secondary N) is 1. The van der Waals surface area contributed by atoms with Gasteiger partial charge in [-0.05, 0) is 24.8 Å². The van der Waals surface area contributed by atoms with Gasteiger partial charge in [0, 0.05) is 7.11 Å². The van der Waals surface area contributed by atoms with Crippen LogP contribution < -0.4 is 5.32 Å². The smallest absolute Gasteiger partial charge is 0.305 e. The van der Waals surface area contributed by atoms with Crippen molar-refractivity contribution in [3.05, 3.63) is 35.9 Å². The van der Waals surface area contributed by atoms with E-state index in [2.05, 4.69) is 5.32 Å². The third-order valence-electron chi connectivity index (χ3n) is 3.76. The normalized spacial score (nSPS) is 17.9. The summed E-state index contributed by atoms with van der Waals surface area (Å²) in [6, 6.07) is 9.18. The molecule has 5 nitrogen and oxygen atoms in total. The maximum Gasteiger partial charge on any atom is 0.305 e. The first-order valence-corrected chi connectivity index (χ1v) is 6.68. The number of carboxylic acid groups (broad SMARTS) is 1. The molecule has 1 aliphatic carbocycles. The number of amides is 1. The first kappa shape index (κ1) is 14.5. The zero-order chi connectivity index (χ0) is 14.6. The first-order valence-electron chi connectivity index (χ1n) is 6.68. The molecule has 108 valence electrons. The van der Waals surface area contributed by atoms with Gasteiger partial charge in [-0.15, -0.1) is 0 Å². The van der Waals surface area contributed by atoms with Crippen LogP contribution in [0, 0.1) is 0 Å². The Morgan fingerprint density at radius 3 is 2.45 bits per heavy atom. The summed E-state index contributed by atoms with van der Waals surface area (Å²) in [5.41, 5.74) is 0.159. The Labute approximate surface area is 117 Å². The summed E-state index contributed by atoms with van der Waals surface area (Å²) in [4.78, 5) is 23.3. The molecule has 0 radical (unpaired) electrons. The first-order chi connectivity index (χ1) is 9.56. The molecule has 1 aromatic rings. The van der Waals surface area contributed by atoms with Crippen molar-refractivity contribution >= 4 is 11.9 Å². The van der Waals surface area contributed by atoms with Crippen LogP contribution in [-0.4, -0.2) is 29.6 Å². The van der Waals surface area contributed by atoms with Crippen LogP contribution in [0.5, 0.6) is 0 Å². The van der Waals surface area contributed by atoms with E-state index >= 15 is 0 Å². The lowest BCUT2D eigenvalue weighted by atomic mass is 9.74. The predicted octanol–water partition coefficient (Wildman–Crippen LogP) is 1.89. The van der Waals surface area contributed by atoms with Gasteiger partial charge in [0.2, 0.25) is 0 Å². The van der Waals surface area contributed by atoms with Gasteiger partial charge in [0.25, 0.3) is 5.91 Å². The number of methoxy groups -OCH3 is 1. The number of ether oxygens (including phenoxy) is 1. The maximum atomic E-state index is 12.3. The molecule has 1 aromatic carbocycles. The quantitative estimate of drug-likeness (QED) is 0.832. The summed E-state index contributed by atoms with van der Waals surface area (Å²) >= 11 is 0. The molecule has 1 amide bonds. The van der Waals surface area contributed by atoms with Crippen molar-refractivity contribution < 1.29 is 19.4 Å². The monoisotopic (exact) mass is 277 g/mol. The van der Waals surface area contributed by atoms with Crippen molar-refractivity contribution in [1.82, 2.24) is 5.32 Å². The van der Waals surface area contributed by atoms with E-state index in [9.17, 15) is 9.59 Å². The van der Waals surface area contributed by atoms with E-state index in [4.69, 9.17) is 9.84 Å². The molecule has 0 aliphatic heterocycles. The third-order valence-corrected chi connectivity index (χ3v) is 3.76. The second-order valence-electron chi connectivity index (χ2n) is 5.22. The van der Waals surface area contributed by atoms with Gasteiger partial charge in [0.15, 0.2) is 6.10 Å². The highest BCUT2D eigenvalue weighted by molar-refractivity contribution is 5.84. The second kappa shape index (κ2) is 6.05. The van der Waals surface area contributed by atoms with Crippen LogP contribution >= 0.6 is 0 Å². The Hall–Kier alpha value is -1.88. The van der Waals surface area contributed by atoms with E-state index in [0.717, 1.165) is 12.0 Å². The zero-order valence-corrected chi connectivity index (χ0v) is 11.5. The van der Waals surface area contributed by atoms with E-state index in [1.165, 1.54) is 7.11 Å². The Morgan fingerprint density at radius 2 is 2.00 bits per heavy atom. The molecular weight excluding hydrogens is 258 g/mol. The fraction of sp³-hybridized carbons (Fsp3) is 0.467. The van der Waals surface area contributed by atoms with E-state index in [-0.39, 0.29) is 12.3 Å². The molecule has 1 aliphatic rings. The van der Waals surface area contributed by atoms with Crippen molar-refractivity contribution in [1.29, 1.82) is 0 Å². The number of hydrogen-bond donors (Lipinski definition) is 2. The fourth-order valence-electron chi connectivity index (χ4n) is 2.59. The molecule has 1 atom stereocenters. The van der Waals surface area contributed by atoms with Crippen LogP contribution in [0.25, 0.3) is 0 Å². The molecule has 0 aromatic heterocycles. The summed E-state index contributed by atoms with van der Waals surface area (Å²) in [6.45, 7) is 0. The molecule has 0 heterocycles. The zero-order valence-electron chi connectivity index (χ0n) is 11.5. The minimum atomic E-state index is -0.890. The average Bonchev–Trinajstić information content (AvgIpc) is 2.37. The van der Waals surface area contributed by atoms with Crippen molar-refractivity contribution in [2.75, 3.05) is 7.11 Å².